The molecule has 6 nitrogen and oxygen atoms in total. The van der Waals surface area contributed by atoms with Gasteiger partial charge in [0.15, 0.2) is 5.76 Å². The van der Waals surface area contributed by atoms with Gasteiger partial charge >= 0.3 is 0 Å². The molecule has 1 amide bonds. The van der Waals surface area contributed by atoms with Gasteiger partial charge in [-0.2, -0.15) is 5.10 Å². The summed E-state index contributed by atoms with van der Waals surface area (Å²) in [6.07, 6.45) is 1.38. The minimum absolute atomic E-state index is 0.0160. The van der Waals surface area contributed by atoms with Crippen LogP contribution in [0.3, 0.4) is 0 Å². The van der Waals surface area contributed by atoms with Crippen LogP contribution in [0.2, 0.25) is 0 Å². The van der Waals surface area contributed by atoms with E-state index in [0.717, 1.165) is 28.3 Å². The van der Waals surface area contributed by atoms with Gasteiger partial charge in [0.2, 0.25) is 0 Å². The summed E-state index contributed by atoms with van der Waals surface area (Å²) in [6.45, 7) is 4.44. The van der Waals surface area contributed by atoms with Crippen molar-refractivity contribution in [1.82, 2.24) is 15.1 Å². The molecule has 30 heavy (non-hydrogen) atoms. The van der Waals surface area contributed by atoms with Crippen LogP contribution in [0.25, 0.3) is 11.5 Å². The zero-order valence-corrected chi connectivity index (χ0v) is 16.8. The number of nitrogens with one attached hydrogen (secondary N) is 2. The van der Waals surface area contributed by atoms with Crippen molar-refractivity contribution in [1.29, 1.82) is 0 Å². The van der Waals surface area contributed by atoms with Crippen molar-refractivity contribution in [3.8, 4) is 11.5 Å². The van der Waals surface area contributed by atoms with E-state index in [1.54, 1.807) is 6.20 Å². The van der Waals surface area contributed by atoms with Gasteiger partial charge in [0, 0.05) is 17.8 Å². The second-order valence-electron chi connectivity index (χ2n) is 7.62. The van der Waals surface area contributed by atoms with Crippen LogP contribution >= 0.6 is 0 Å². The van der Waals surface area contributed by atoms with Gasteiger partial charge in [-0.15, -0.1) is 0 Å². The average molecular weight is 398 g/mol. The Kier molecular flexibility index (Phi) is 4.39. The van der Waals surface area contributed by atoms with E-state index in [1.807, 2.05) is 48.2 Å². The van der Waals surface area contributed by atoms with Gasteiger partial charge in [-0.05, 0) is 43.7 Å². The molecular formula is C24H22N4O2. The molecule has 2 aromatic carbocycles. The molecule has 3 heterocycles. The predicted octanol–water partition coefficient (Wildman–Crippen LogP) is 5.05. The molecule has 4 aromatic rings. The van der Waals surface area contributed by atoms with Crippen molar-refractivity contribution in [2.24, 2.45) is 0 Å². The standard InChI is InChI=1S/C24H22N4O2/c1-15-7-10-17(11-8-15)14-28-23(26-20-6-4-3-5-18(20)24(28)29)19-13-25-27-22(19)21-12-9-16(2)30-21/h3-13,23,26H,14H2,1-2H3,(H,25,27)/t23-/m1/s1. The number of benzene rings is 2. The van der Waals surface area contributed by atoms with E-state index in [-0.39, 0.29) is 12.1 Å². The number of aryl methyl sites for hydroxylation is 2. The topological polar surface area (TPSA) is 74.2 Å². The van der Waals surface area contributed by atoms with Crippen LogP contribution in [-0.2, 0) is 6.54 Å². The number of rotatable bonds is 4. The van der Waals surface area contributed by atoms with Gasteiger partial charge in [-0.3, -0.25) is 9.89 Å². The van der Waals surface area contributed by atoms with Crippen LogP contribution in [0.5, 0.6) is 0 Å². The molecule has 0 unspecified atom stereocenters. The van der Waals surface area contributed by atoms with Crippen LogP contribution in [-0.4, -0.2) is 21.0 Å². The first-order chi connectivity index (χ1) is 14.6. The molecule has 2 N–H and O–H groups in total. The fourth-order valence-electron chi connectivity index (χ4n) is 3.86. The largest absolute Gasteiger partial charge is 0.460 e. The van der Waals surface area contributed by atoms with Crippen molar-refractivity contribution >= 4 is 11.6 Å². The first-order valence-electron chi connectivity index (χ1n) is 9.92. The number of furan rings is 1. The molecule has 1 aliphatic rings. The van der Waals surface area contributed by atoms with E-state index in [4.69, 9.17) is 4.42 Å². The molecule has 0 spiro atoms. The number of hydrogen-bond donors (Lipinski definition) is 2. The van der Waals surface area contributed by atoms with E-state index in [9.17, 15) is 4.79 Å². The Bertz CT molecular complexity index is 1210. The quantitative estimate of drug-likeness (QED) is 0.504. The van der Waals surface area contributed by atoms with Gasteiger partial charge in [0.05, 0.1) is 11.8 Å². The minimum Gasteiger partial charge on any atom is -0.460 e. The third kappa shape index (κ3) is 3.16. The lowest BCUT2D eigenvalue weighted by Gasteiger charge is -2.38. The summed E-state index contributed by atoms with van der Waals surface area (Å²) in [7, 11) is 0. The molecule has 2 aromatic heterocycles. The zero-order chi connectivity index (χ0) is 20.7. The fourth-order valence-corrected chi connectivity index (χ4v) is 3.86. The van der Waals surface area contributed by atoms with Crippen LogP contribution < -0.4 is 5.32 Å². The van der Waals surface area contributed by atoms with Crippen LogP contribution in [0.4, 0.5) is 5.69 Å². The summed E-state index contributed by atoms with van der Waals surface area (Å²) in [5, 5.41) is 10.8. The predicted molar refractivity (Wildman–Crippen MR) is 115 cm³/mol. The molecule has 0 saturated heterocycles. The molecule has 0 aliphatic carbocycles. The Labute approximate surface area is 174 Å². The summed E-state index contributed by atoms with van der Waals surface area (Å²) in [5.74, 6) is 1.50. The highest BCUT2D eigenvalue weighted by atomic mass is 16.3. The number of H-pyrrole nitrogens is 1. The van der Waals surface area contributed by atoms with Crippen molar-refractivity contribution in [2.75, 3.05) is 5.32 Å². The molecule has 1 atom stereocenters. The number of carbonyl (C=O) groups excluding carboxylic acids is 1. The lowest BCUT2D eigenvalue weighted by atomic mass is 10.0. The molecule has 150 valence electrons. The summed E-state index contributed by atoms with van der Waals surface area (Å²) < 4.78 is 5.82. The highest BCUT2D eigenvalue weighted by Crippen LogP contribution is 2.37. The number of amides is 1. The number of carbonyl (C=O) groups is 1. The number of anilines is 1. The number of aromatic amines is 1. The van der Waals surface area contributed by atoms with Crippen molar-refractivity contribution in [3.05, 3.63) is 94.9 Å². The van der Waals surface area contributed by atoms with Crippen LogP contribution in [0, 0.1) is 13.8 Å². The summed E-state index contributed by atoms with van der Waals surface area (Å²) in [4.78, 5) is 15.3. The molecule has 6 heteroatoms. The number of fused-ring (bicyclic) bond motifs is 1. The smallest absolute Gasteiger partial charge is 0.258 e. The SMILES string of the molecule is Cc1ccc(CN2C(=O)c3ccccc3N[C@H]2c2cn[nH]c2-c2ccc(C)o2)cc1. The Morgan fingerprint density at radius 3 is 2.60 bits per heavy atom. The molecule has 0 radical (unpaired) electrons. The molecular weight excluding hydrogens is 376 g/mol. The number of aromatic nitrogens is 2. The van der Waals surface area contributed by atoms with Crippen molar-refractivity contribution < 1.29 is 9.21 Å². The maximum Gasteiger partial charge on any atom is 0.258 e. The summed E-state index contributed by atoms with van der Waals surface area (Å²) in [5.41, 5.74) is 5.37. The maximum absolute atomic E-state index is 13.5. The Morgan fingerprint density at radius 1 is 1.03 bits per heavy atom. The second-order valence-corrected chi connectivity index (χ2v) is 7.62. The van der Waals surface area contributed by atoms with Gasteiger partial charge < -0.3 is 14.6 Å². The van der Waals surface area contributed by atoms with Gasteiger partial charge in [-0.25, -0.2) is 0 Å². The van der Waals surface area contributed by atoms with Crippen molar-refractivity contribution in [2.45, 2.75) is 26.6 Å². The molecule has 0 saturated carbocycles. The zero-order valence-electron chi connectivity index (χ0n) is 16.8. The monoisotopic (exact) mass is 398 g/mol. The van der Waals surface area contributed by atoms with Crippen LogP contribution in [0.15, 0.2) is 71.3 Å². The fraction of sp³-hybridized carbons (Fsp3) is 0.167. The number of nitrogens with zero attached hydrogens (tertiary/aromatic N) is 2. The third-order valence-electron chi connectivity index (χ3n) is 5.45. The van der Waals surface area contributed by atoms with E-state index in [0.29, 0.717) is 17.9 Å². The number of hydrogen-bond acceptors (Lipinski definition) is 4. The number of para-hydroxylation sites is 1. The van der Waals surface area contributed by atoms with E-state index >= 15 is 0 Å². The maximum atomic E-state index is 13.5. The Hall–Kier alpha value is -3.80. The minimum atomic E-state index is -0.382. The molecule has 0 fully saturated rings. The highest BCUT2D eigenvalue weighted by molar-refractivity contribution is 6.01. The molecule has 1 aliphatic heterocycles. The Balaban J connectivity index is 1.59. The molecule has 0 bridgehead atoms. The highest BCUT2D eigenvalue weighted by Gasteiger charge is 2.35. The Morgan fingerprint density at radius 2 is 1.83 bits per heavy atom. The summed E-state index contributed by atoms with van der Waals surface area (Å²) in [6, 6.07) is 19.7. The van der Waals surface area contributed by atoms with Gasteiger partial charge in [0.1, 0.15) is 17.6 Å². The normalized spacial score (nSPS) is 15.7. The van der Waals surface area contributed by atoms with Crippen molar-refractivity contribution in [3.63, 3.8) is 0 Å². The average Bonchev–Trinajstić information content (AvgIpc) is 3.40. The third-order valence-corrected chi connectivity index (χ3v) is 5.45. The summed E-state index contributed by atoms with van der Waals surface area (Å²) >= 11 is 0. The van der Waals surface area contributed by atoms with E-state index < -0.39 is 0 Å². The molecule has 5 rings (SSSR count). The van der Waals surface area contributed by atoms with E-state index in [1.165, 1.54) is 5.56 Å². The first-order valence-corrected chi connectivity index (χ1v) is 9.92. The second kappa shape index (κ2) is 7.22. The lowest BCUT2D eigenvalue weighted by molar-refractivity contribution is 0.0667. The lowest BCUT2D eigenvalue weighted by Crippen LogP contribution is -2.42. The van der Waals surface area contributed by atoms with E-state index in [2.05, 4.69) is 46.7 Å². The first kappa shape index (κ1) is 18.2. The van der Waals surface area contributed by atoms with Gasteiger partial charge in [-0.1, -0.05) is 42.0 Å². The van der Waals surface area contributed by atoms with Gasteiger partial charge in [0.25, 0.3) is 5.91 Å². The van der Waals surface area contributed by atoms with Crippen LogP contribution in [0.1, 0.15) is 39.0 Å².